The molecule has 30 heavy (non-hydrogen) atoms. The van der Waals surface area contributed by atoms with Gasteiger partial charge in [-0.3, -0.25) is 9.69 Å². The van der Waals surface area contributed by atoms with Crippen molar-refractivity contribution in [2.45, 2.75) is 32.9 Å². The number of ether oxygens (including phenoxy) is 1. The summed E-state index contributed by atoms with van der Waals surface area (Å²) in [5.41, 5.74) is 2.07. The number of nitrogens with zero attached hydrogens (tertiary/aromatic N) is 1. The monoisotopic (exact) mass is 430 g/mol. The van der Waals surface area contributed by atoms with Crippen molar-refractivity contribution in [3.8, 4) is 5.75 Å². The van der Waals surface area contributed by atoms with Crippen molar-refractivity contribution in [3.63, 3.8) is 0 Å². The molecular weight excluding hydrogens is 404 g/mol. The zero-order chi connectivity index (χ0) is 21.7. The van der Waals surface area contributed by atoms with Crippen LogP contribution in [0, 0.1) is 0 Å². The summed E-state index contributed by atoms with van der Waals surface area (Å²) in [5, 5.41) is 9.19. The maximum Gasteiger partial charge on any atom is 0.319 e. The average Bonchev–Trinajstić information content (AvgIpc) is 2.73. The van der Waals surface area contributed by atoms with Gasteiger partial charge >= 0.3 is 6.03 Å². The van der Waals surface area contributed by atoms with Gasteiger partial charge in [0, 0.05) is 17.3 Å². The van der Waals surface area contributed by atoms with Crippen molar-refractivity contribution in [2.75, 3.05) is 30.3 Å². The van der Waals surface area contributed by atoms with Gasteiger partial charge in [0.1, 0.15) is 5.75 Å². The molecule has 0 radical (unpaired) electrons. The molecule has 0 aromatic heterocycles. The number of likely N-dealkylation sites (N-methyl/N-ethyl adjacent to an activating group) is 1. The van der Waals surface area contributed by atoms with E-state index in [4.69, 9.17) is 16.3 Å². The smallest absolute Gasteiger partial charge is 0.319 e. The summed E-state index contributed by atoms with van der Waals surface area (Å²) in [5.74, 6) is 0.360. The SMILES string of the molecule is CCN(CC)[C@H](CNC(=O)Nc1ccc2c(c1)NC(=O)[C@@H](C)O2)c1ccccc1Cl. The van der Waals surface area contributed by atoms with E-state index in [9.17, 15) is 9.59 Å². The molecule has 0 saturated carbocycles. The van der Waals surface area contributed by atoms with E-state index >= 15 is 0 Å². The second-order valence-corrected chi connectivity index (χ2v) is 7.46. The largest absolute Gasteiger partial charge is 0.479 e. The average molecular weight is 431 g/mol. The fraction of sp³-hybridized carbons (Fsp3) is 0.364. The Morgan fingerprint density at radius 1 is 1.23 bits per heavy atom. The van der Waals surface area contributed by atoms with E-state index in [2.05, 4.69) is 34.7 Å². The Kier molecular flexibility index (Phi) is 7.18. The van der Waals surface area contributed by atoms with Crippen LogP contribution in [-0.2, 0) is 4.79 Å². The summed E-state index contributed by atoms with van der Waals surface area (Å²) in [6.45, 7) is 7.91. The Morgan fingerprint density at radius 3 is 2.67 bits per heavy atom. The van der Waals surface area contributed by atoms with E-state index < -0.39 is 6.10 Å². The van der Waals surface area contributed by atoms with Crippen molar-refractivity contribution in [1.82, 2.24) is 10.2 Å². The number of anilines is 2. The molecule has 7 nitrogen and oxygen atoms in total. The number of carbonyl (C=O) groups is 2. The van der Waals surface area contributed by atoms with Crippen LogP contribution < -0.4 is 20.7 Å². The van der Waals surface area contributed by atoms with Crippen molar-refractivity contribution < 1.29 is 14.3 Å². The minimum atomic E-state index is -0.540. The second kappa shape index (κ2) is 9.82. The first-order valence-corrected chi connectivity index (χ1v) is 10.5. The maximum absolute atomic E-state index is 12.5. The minimum Gasteiger partial charge on any atom is -0.479 e. The van der Waals surface area contributed by atoms with Crippen LogP contribution in [-0.4, -0.2) is 42.6 Å². The molecule has 8 heteroatoms. The van der Waals surface area contributed by atoms with Crippen molar-refractivity contribution >= 4 is 34.9 Å². The normalized spacial score (nSPS) is 16.3. The number of hydrogen-bond acceptors (Lipinski definition) is 4. The van der Waals surface area contributed by atoms with E-state index in [0.29, 0.717) is 28.7 Å². The highest BCUT2D eigenvalue weighted by atomic mass is 35.5. The van der Waals surface area contributed by atoms with Crippen molar-refractivity contribution in [1.29, 1.82) is 0 Å². The zero-order valence-corrected chi connectivity index (χ0v) is 18.1. The Bertz CT molecular complexity index is 917. The highest BCUT2D eigenvalue weighted by Gasteiger charge is 2.24. The topological polar surface area (TPSA) is 82.7 Å². The lowest BCUT2D eigenvalue weighted by molar-refractivity contribution is -0.122. The number of nitrogens with one attached hydrogen (secondary N) is 3. The number of hydrogen-bond donors (Lipinski definition) is 3. The van der Waals surface area contributed by atoms with Crippen LogP contribution in [0.5, 0.6) is 5.75 Å². The first-order valence-electron chi connectivity index (χ1n) is 10.1. The van der Waals surface area contributed by atoms with Gasteiger partial charge in [-0.1, -0.05) is 43.6 Å². The lowest BCUT2D eigenvalue weighted by Crippen LogP contribution is -2.39. The van der Waals surface area contributed by atoms with E-state index in [1.807, 2.05) is 24.3 Å². The molecule has 2 aromatic rings. The van der Waals surface area contributed by atoms with Crippen LogP contribution >= 0.6 is 11.6 Å². The molecule has 3 rings (SSSR count). The Morgan fingerprint density at radius 2 is 1.97 bits per heavy atom. The number of fused-ring (bicyclic) bond motifs is 1. The maximum atomic E-state index is 12.5. The van der Waals surface area contributed by atoms with Crippen LogP contribution in [0.2, 0.25) is 5.02 Å². The standard InChI is InChI=1S/C22H27ClN4O3/c1-4-27(5-2)19(16-8-6-7-9-17(16)23)13-24-22(29)25-15-10-11-20-18(12-15)26-21(28)14(3)30-20/h6-12,14,19H,4-5,13H2,1-3H3,(H,26,28)(H2,24,25,29)/t14-,19-/m1/s1. The van der Waals surface area contributed by atoms with Crippen LogP contribution in [0.25, 0.3) is 0 Å². The fourth-order valence-corrected chi connectivity index (χ4v) is 3.76. The van der Waals surface area contributed by atoms with Crippen molar-refractivity contribution in [3.05, 3.63) is 53.1 Å². The number of rotatable bonds is 7. The Labute approximate surface area is 181 Å². The van der Waals surface area contributed by atoms with E-state index in [-0.39, 0.29) is 18.0 Å². The van der Waals surface area contributed by atoms with Gasteiger partial charge < -0.3 is 20.7 Å². The molecule has 0 aliphatic carbocycles. The zero-order valence-electron chi connectivity index (χ0n) is 17.4. The molecule has 1 heterocycles. The molecule has 0 spiro atoms. The first-order chi connectivity index (χ1) is 14.4. The molecule has 3 N–H and O–H groups in total. The van der Waals surface area contributed by atoms with E-state index in [1.165, 1.54) is 0 Å². The molecule has 1 aliphatic rings. The summed E-state index contributed by atoms with van der Waals surface area (Å²) >= 11 is 6.41. The molecule has 0 bridgehead atoms. The molecule has 2 atom stereocenters. The molecule has 160 valence electrons. The van der Waals surface area contributed by atoms with Crippen LogP contribution in [0.1, 0.15) is 32.4 Å². The molecular formula is C22H27ClN4O3. The van der Waals surface area contributed by atoms with Crippen LogP contribution in [0.15, 0.2) is 42.5 Å². The minimum absolute atomic E-state index is 0.0443. The van der Waals surface area contributed by atoms with Gasteiger partial charge in [-0.05, 0) is 49.8 Å². The number of urea groups is 1. The highest BCUT2D eigenvalue weighted by Crippen LogP contribution is 2.32. The summed E-state index contributed by atoms with van der Waals surface area (Å²) in [7, 11) is 0. The molecule has 3 amide bonds. The summed E-state index contributed by atoms with van der Waals surface area (Å²) in [6, 6.07) is 12.4. The lowest BCUT2D eigenvalue weighted by Gasteiger charge is -2.31. The van der Waals surface area contributed by atoms with E-state index in [0.717, 1.165) is 18.7 Å². The number of amides is 3. The third kappa shape index (κ3) is 5.04. The third-order valence-corrected chi connectivity index (χ3v) is 5.49. The number of halogens is 1. The quantitative estimate of drug-likeness (QED) is 0.612. The van der Waals surface area contributed by atoms with Gasteiger partial charge in [0.15, 0.2) is 6.10 Å². The van der Waals surface area contributed by atoms with Gasteiger partial charge in [0.25, 0.3) is 5.91 Å². The Balaban J connectivity index is 1.67. The molecule has 1 aliphatic heterocycles. The fourth-order valence-electron chi connectivity index (χ4n) is 3.50. The molecule has 0 saturated heterocycles. The summed E-state index contributed by atoms with van der Waals surface area (Å²) < 4.78 is 5.54. The predicted octanol–water partition coefficient (Wildman–Crippen LogP) is 4.26. The van der Waals surface area contributed by atoms with Gasteiger partial charge in [-0.25, -0.2) is 4.79 Å². The highest BCUT2D eigenvalue weighted by molar-refractivity contribution is 6.31. The van der Waals surface area contributed by atoms with Gasteiger partial charge in [-0.2, -0.15) is 0 Å². The molecule has 2 aromatic carbocycles. The second-order valence-electron chi connectivity index (χ2n) is 7.05. The predicted molar refractivity (Wildman–Crippen MR) is 119 cm³/mol. The molecule has 0 fully saturated rings. The molecule has 0 unspecified atom stereocenters. The van der Waals surface area contributed by atoms with Crippen LogP contribution in [0.4, 0.5) is 16.2 Å². The Hall–Kier alpha value is -2.77. The summed E-state index contributed by atoms with van der Waals surface area (Å²) in [4.78, 5) is 26.6. The lowest BCUT2D eigenvalue weighted by atomic mass is 10.0. The first kappa shape index (κ1) is 21.9. The van der Waals surface area contributed by atoms with Crippen molar-refractivity contribution in [2.24, 2.45) is 0 Å². The van der Waals surface area contributed by atoms with E-state index in [1.54, 1.807) is 25.1 Å². The third-order valence-electron chi connectivity index (χ3n) is 5.14. The summed E-state index contributed by atoms with van der Waals surface area (Å²) in [6.07, 6.45) is -0.540. The van der Waals surface area contributed by atoms with Gasteiger partial charge in [-0.15, -0.1) is 0 Å². The number of benzene rings is 2. The van der Waals surface area contributed by atoms with Crippen LogP contribution in [0.3, 0.4) is 0 Å². The number of carbonyl (C=O) groups excluding carboxylic acids is 2. The van der Waals surface area contributed by atoms with Gasteiger partial charge in [0.2, 0.25) is 0 Å². The van der Waals surface area contributed by atoms with Gasteiger partial charge in [0.05, 0.1) is 11.7 Å².